The molecule has 0 aliphatic carbocycles. The van der Waals surface area contributed by atoms with Gasteiger partial charge in [0.05, 0.1) is 18.0 Å². The van der Waals surface area contributed by atoms with Crippen molar-refractivity contribution in [2.45, 2.75) is 39.3 Å². The van der Waals surface area contributed by atoms with Crippen LogP contribution in [0.3, 0.4) is 0 Å². The van der Waals surface area contributed by atoms with Gasteiger partial charge < -0.3 is 14.9 Å². The van der Waals surface area contributed by atoms with Crippen LogP contribution < -0.4 is 0 Å². The maximum Gasteiger partial charge on any atom is 0.156 e. The number of likely N-dealkylation sites (tertiary alicyclic amines) is 1. The van der Waals surface area contributed by atoms with Crippen molar-refractivity contribution in [1.82, 2.24) is 19.9 Å². The number of aromatic amines is 1. The molecule has 2 N–H and O–H groups in total. The Hall–Kier alpha value is -2.57. The largest absolute Gasteiger partial charge is 0.392 e. The predicted molar refractivity (Wildman–Crippen MR) is 109 cm³/mol. The number of aliphatic hydroxyl groups excluding tert-OH is 1. The Labute approximate surface area is 164 Å². The van der Waals surface area contributed by atoms with Crippen LogP contribution in [-0.2, 0) is 17.8 Å². The maximum atomic E-state index is 11.3. The van der Waals surface area contributed by atoms with Crippen molar-refractivity contribution in [1.29, 1.82) is 0 Å². The van der Waals surface area contributed by atoms with Gasteiger partial charge in [-0.25, -0.2) is 9.97 Å². The van der Waals surface area contributed by atoms with Crippen molar-refractivity contribution >= 4 is 17.5 Å². The Balaban J connectivity index is 1.62. The average Bonchev–Trinajstić information content (AvgIpc) is 3.27. The fourth-order valence-electron chi connectivity index (χ4n) is 3.79. The van der Waals surface area contributed by atoms with Gasteiger partial charge in [-0.1, -0.05) is 32.0 Å². The number of nitrogens with one attached hydrogen (secondary N) is 1. The van der Waals surface area contributed by atoms with E-state index in [0.29, 0.717) is 6.42 Å². The van der Waals surface area contributed by atoms with E-state index in [1.165, 1.54) is 5.56 Å². The number of carbonyl (C=O) groups excluding carboxylic acids is 1. The molecule has 146 valence electrons. The Kier molecular flexibility index (Phi) is 5.00. The van der Waals surface area contributed by atoms with Gasteiger partial charge >= 0.3 is 0 Å². The number of β-amino-alcohol motifs (C(OH)–C–C–N with tert-alkyl or cyclic N) is 1. The van der Waals surface area contributed by atoms with Gasteiger partial charge in [-0.3, -0.25) is 4.90 Å². The zero-order chi connectivity index (χ0) is 19.7. The molecule has 1 aliphatic heterocycles. The number of aliphatic hydroxyl groups is 1. The molecule has 6 nitrogen and oxygen atoms in total. The summed E-state index contributed by atoms with van der Waals surface area (Å²) in [6.07, 6.45) is 5.92. The Bertz CT molecular complexity index is 995. The molecule has 1 atom stereocenters. The molecule has 3 aromatic rings. The Morgan fingerprint density at radius 2 is 2.25 bits per heavy atom. The third kappa shape index (κ3) is 3.98. The molecule has 0 saturated carbocycles. The smallest absolute Gasteiger partial charge is 0.156 e. The molecule has 0 bridgehead atoms. The molecular formula is C22H26N4O2. The maximum absolute atomic E-state index is 11.3. The first-order valence-electron chi connectivity index (χ1n) is 9.72. The van der Waals surface area contributed by atoms with Gasteiger partial charge in [-0.15, -0.1) is 0 Å². The van der Waals surface area contributed by atoms with Gasteiger partial charge in [0.15, 0.2) is 5.65 Å². The SMILES string of the molecule is CC(C)(C=O)Cc1c[nH]c2ncc(-c3cccc(CN4CCC(O)C4)c3)nc12. The summed E-state index contributed by atoms with van der Waals surface area (Å²) in [5.74, 6) is 0. The lowest BCUT2D eigenvalue weighted by Crippen LogP contribution is -2.21. The van der Waals surface area contributed by atoms with Crippen LogP contribution in [-0.4, -0.2) is 50.4 Å². The molecule has 1 aromatic carbocycles. The number of fused-ring (bicyclic) bond motifs is 1. The lowest BCUT2D eigenvalue weighted by atomic mass is 9.88. The van der Waals surface area contributed by atoms with E-state index < -0.39 is 5.41 Å². The van der Waals surface area contributed by atoms with Crippen molar-refractivity contribution in [3.63, 3.8) is 0 Å². The normalized spacial score (nSPS) is 18.0. The molecule has 6 heteroatoms. The zero-order valence-electron chi connectivity index (χ0n) is 16.4. The molecule has 1 fully saturated rings. The molecule has 1 unspecified atom stereocenters. The van der Waals surface area contributed by atoms with Crippen LogP contribution in [0.5, 0.6) is 0 Å². The van der Waals surface area contributed by atoms with Gasteiger partial charge in [0.1, 0.15) is 11.8 Å². The van der Waals surface area contributed by atoms with Gasteiger partial charge in [0, 0.05) is 36.8 Å². The minimum Gasteiger partial charge on any atom is -0.392 e. The lowest BCUT2D eigenvalue weighted by molar-refractivity contribution is -0.114. The first-order valence-corrected chi connectivity index (χ1v) is 9.72. The molecule has 1 saturated heterocycles. The summed E-state index contributed by atoms with van der Waals surface area (Å²) in [6, 6.07) is 8.33. The van der Waals surface area contributed by atoms with Crippen molar-refractivity contribution in [3.8, 4) is 11.3 Å². The van der Waals surface area contributed by atoms with Crippen molar-refractivity contribution in [2.75, 3.05) is 13.1 Å². The summed E-state index contributed by atoms with van der Waals surface area (Å²) < 4.78 is 0. The summed E-state index contributed by atoms with van der Waals surface area (Å²) >= 11 is 0. The minimum absolute atomic E-state index is 0.209. The van der Waals surface area contributed by atoms with E-state index in [9.17, 15) is 9.90 Å². The summed E-state index contributed by atoms with van der Waals surface area (Å²) in [5, 5.41) is 9.73. The number of H-pyrrole nitrogens is 1. The lowest BCUT2D eigenvalue weighted by Gasteiger charge is -2.16. The number of hydrogen-bond donors (Lipinski definition) is 2. The van der Waals surface area contributed by atoms with Gasteiger partial charge in [-0.2, -0.15) is 0 Å². The first-order chi connectivity index (χ1) is 13.4. The Morgan fingerprint density at radius 3 is 3.00 bits per heavy atom. The van der Waals surface area contributed by atoms with Crippen LogP contribution >= 0.6 is 0 Å². The van der Waals surface area contributed by atoms with Crippen molar-refractivity contribution in [3.05, 3.63) is 47.8 Å². The second kappa shape index (κ2) is 7.45. The highest BCUT2D eigenvalue weighted by atomic mass is 16.3. The zero-order valence-corrected chi connectivity index (χ0v) is 16.4. The van der Waals surface area contributed by atoms with E-state index in [1.54, 1.807) is 6.20 Å². The third-order valence-electron chi connectivity index (χ3n) is 5.30. The average molecular weight is 378 g/mol. The second-order valence-electron chi connectivity index (χ2n) is 8.43. The highest BCUT2D eigenvalue weighted by Crippen LogP contribution is 2.26. The van der Waals surface area contributed by atoms with Crippen LogP contribution in [0.15, 0.2) is 36.7 Å². The van der Waals surface area contributed by atoms with Crippen LogP contribution in [0.4, 0.5) is 0 Å². The first kappa shape index (κ1) is 18.8. The van der Waals surface area contributed by atoms with Crippen LogP contribution in [0.1, 0.15) is 31.4 Å². The van der Waals surface area contributed by atoms with Crippen LogP contribution in [0.2, 0.25) is 0 Å². The number of rotatable bonds is 6. The highest BCUT2D eigenvalue weighted by Gasteiger charge is 2.21. The van der Waals surface area contributed by atoms with Crippen molar-refractivity contribution in [2.24, 2.45) is 5.41 Å². The fourth-order valence-corrected chi connectivity index (χ4v) is 3.79. The number of nitrogens with zero attached hydrogens (tertiary/aromatic N) is 3. The standard InChI is InChI=1S/C22H26N4O2/c1-22(2,14-27)9-17-10-23-21-20(17)25-19(11-24-21)16-5-3-4-15(8-16)12-26-7-6-18(28)13-26/h3-5,8,10-11,14,18,28H,6-7,9,12-13H2,1-2H3,(H,23,24). The summed E-state index contributed by atoms with van der Waals surface area (Å²) in [5.41, 5.74) is 5.17. The summed E-state index contributed by atoms with van der Waals surface area (Å²) in [6.45, 7) is 6.33. The van der Waals surface area contributed by atoms with Gasteiger partial charge in [0.2, 0.25) is 0 Å². The molecule has 28 heavy (non-hydrogen) atoms. The molecular weight excluding hydrogens is 352 g/mol. The van der Waals surface area contributed by atoms with Crippen LogP contribution in [0.25, 0.3) is 22.4 Å². The fraction of sp³-hybridized carbons (Fsp3) is 0.409. The minimum atomic E-state index is -0.437. The predicted octanol–water partition coefficient (Wildman–Crippen LogP) is 2.96. The van der Waals surface area contributed by atoms with E-state index in [2.05, 4.69) is 27.0 Å². The number of aldehydes is 1. The van der Waals surface area contributed by atoms with Gasteiger partial charge in [0.25, 0.3) is 0 Å². The molecule has 0 radical (unpaired) electrons. The van der Waals surface area contributed by atoms with E-state index in [0.717, 1.165) is 60.3 Å². The van der Waals surface area contributed by atoms with E-state index in [-0.39, 0.29) is 6.10 Å². The summed E-state index contributed by atoms with van der Waals surface area (Å²) in [7, 11) is 0. The molecule has 2 aromatic heterocycles. The topological polar surface area (TPSA) is 82.1 Å². The molecule has 1 aliphatic rings. The number of hydrogen-bond acceptors (Lipinski definition) is 5. The van der Waals surface area contributed by atoms with E-state index in [1.807, 2.05) is 32.2 Å². The second-order valence-corrected chi connectivity index (χ2v) is 8.43. The molecule has 0 amide bonds. The quantitative estimate of drug-likeness (QED) is 0.645. The van der Waals surface area contributed by atoms with Crippen molar-refractivity contribution < 1.29 is 9.90 Å². The molecule has 3 heterocycles. The third-order valence-corrected chi connectivity index (χ3v) is 5.30. The van der Waals surface area contributed by atoms with Crippen LogP contribution in [0, 0.1) is 5.41 Å². The monoisotopic (exact) mass is 378 g/mol. The number of aromatic nitrogens is 3. The molecule has 4 rings (SSSR count). The van der Waals surface area contributed by atoms with E-state index in [4.69, 9.17) is 4.98 Å². The Morgan fingerprint density at radius 1 is 1.39 bits per heavy atom. The number of carbonyl (C=O) groups is 1. The number of benzene rings is 1. The van der Waals surface area contributed by atoms with Gasteiger partial charge in [-0.05, 0) is 30.0 Å². The highest BCUT2D eigenvalue weighted by molar-refractivity contribution is 5.78. The van der Waals surface area contributed by atoms with E-state index >= 15 is 0 Å². The summed E-state index contributed by atoms with van der Waals surface area (Å²) in [4.78, 5) is 26.1. The molecule has 0 spiro atoms.